The van der Waals surface area contributed by atoms with Crippen molar-refractivity contribution in [2.45, 2.75) is 38.6 Å². The molecular formula is C14H21ClN2O. The number of hydrogen-bond acceptors (Lipinski definition) is 3. The van der Waals surface area contributed by atoms with Crippen molar-refractivity contribution in [2.75, 3.05) is 23.9 Å². The summed E-state index contributed by atoms with van der Waals surface area (Å²) in [5.41, 5.74) is 0. The van der Waals surface area contributed by atoms with Gasteiger partial charge >= 0.3 is 0 Å². The molecule has 1 aliphatic rings. The number of rotatable bonds is 5. The molecule has 1 atom stereocenters. The molecule has 2 rings (SSSR count). The lowest BCUT2D eigenvalue weighted by Crippen LogP contribution is -2.40. The molecule has 1 saturated heterocycles. The van der Waals surface area contributed by atoms with Crippen LogP contribution in [-0.2, 0) is 0 Å². The predicted octanol–water partition coefficient (Wildman–Crippen LogP) is 3.47. The molecule has 0 bridgehead atoms. The van der Waals surface area contributed by atoms with Crippen LogP contribution in [0.1, 0.15) is 32.6 Å². The minimum Gasteiger partial charge on any atom is -0.478 e. The SMILES string of the molecule is CCOc1cccc(N2CCCCC2CCCl)n1. The first kappa shape index (κ1) is 13.5. The van der Waals surface area contributed by atoms with Crippen LogP contribution in [-0.4, -0.2) is 30.1 Å². The van der Waals surface area contributed by atoms with Crippen LogP contribution in [0.4, 0.5) is 5.82 Å². The summed E-state index contributed by atoms with van der Waals surface area (Å²) in [6, 6.07) is 6.52. The average Bonchev–Trinajstić information content (AvgIpc) is 2.40. The summed E-state index contributed by atoms with van der Waals surface area (Å²) in [4.78, 5) is 6.96. The Morgan fingerprint density at radius 1 is 1.44 bits per heavy atom. The van der Waals surface area contributed by atoms with Crippen molar-refractivity contribution >= 4 is 17.4 Å². The predicted molar refractivity (Wildman–Crippen MR) is 75.7 cm³/mol. The van der Waals surface area contributed by atoms with E-state index in [1.807, 2.05) is 19.1 Å². The molecule has 0 spiro atoms. The Labute approximate surface area is 114 Å². The molecule has 0 aromatic carbocycles. The molecular weight excluding hydrogens is 248 g/mol. The van der Waals surface area contributed by atoms with Gasteiger partial charge in [-0.05, 0) is 38.7 Å². The van der Waals surface area contributed by atoms with Crippen LogP contribution in [0, 0.1) is 0 Å². The van der Waals surface area contributed by atoms with Crippen molar-refractivity contribution in [2.24, 2.45) is 0 Å². The number of piperidine rings is 1. The van der Waals surface area contributed by atoms with Gasteiger partial charge in [-0.25, -0.2) is 0 Å². The van der Waals surface area contributed by atoms with Crippen LogP contribution in [0.3, 0.4) is 0 Å². The summed E-state index contributed by atoms with van der Waals surface area (Å²) in [6.07, 6.45) is 4.78. The van der Waals surface area contributed by atoms with Gasteiger partial charge in [-0.2, -0.15) is 4.98 Å². The minimum absolute atomic E-state index is 0.528. The summed E-state index contributed by atoms with van der Waals surface area (Å²) in [5, 5.41) is 0. The third-order valence-corrected chi connectivity index (χ3v) is 3.58. The zero-order valence-electron chi connectivity index (χ0n) is 10.9. The molecule has 0 radical (unpaired) electrons. The van der Waals surface area contributed by atoms with Gasteiger partial charge in [-0.1, -0.05) is 6.07 Å². The van der Waals surface area contributed by atoms with Gasteiger partial charge in [0, 0.05) is 24.5 Å². The minimum atomic E-state index is 0.528. The number of hydrogen-bond donors (Lipinski definition) is 0. The maximum atomic E-state index is 5.90. The molecule has 0 amide bonds. The standard InChI is InChI=1S/C14H21ClN2O/c1-2-18-14-8-5-7-13(16-14)17-11-4-3-6-12(17)9-10-15/h5,7-8,12H,2-4,6,9-11H2,1H3. The van der Waals surface area contributed by atoms with E-state index in [1.165, 1.54) is 19.3 Å². The van der Waals surface area contributed by atoms with E-state index in [4.69, 9.17) is 16.3 Å². The zero-order chi connectivity index (χ0) is 12.8. The summed E-state index contributed by atoms with van der Waals surface area (Å²) in [6.45, 7) is 3.71. The topological polar surface area (TPSA) is 25.4 Å². The van der Waals surface area contributed by atoms with Crippen LogP contribution in [0.15, 0.2) is 18.2 Å². The first-order valence-corrected chi connectivity index (χ1v) is 7.31. The van der Waals surface area contributed by atoms with Crippen LogP contribution >= 0.6 is 11.6 Å². The summed E-state index contributed by atoms with van der Waals surface area (Å²) >= 11 is 5.90. The maximum absolute atomic E-state index is 5.90. The van der Waals surface area contributed by atoms with Gasteiger partial charge in [0.25, 0.3) is 0 Å². The maximum Gasteiger partial charge on any atom is 0.215 e. The highest BCUT2D eigenvalue weighted by atomic mass is 35.5. The molecule has 4 heteroatoms. The average molecular weight is 269 g/mol. The van der Waals surface area contributed by atoms with Crippen LogP contribution < -0.4 is 9.64 Å². The van der Waals surface area contributed by atoms with E-state index in [0.717, 1.165) is 18.8 Å². The Morgan fingerprint density at radius 3 is 3.11 bits per heavy atom. The van der Waals surface area contributed by atoms with Crippen molar-refractivity contribution in [3.63, 3.8) is 0 Å². The van der Waals surface area contributed by atoms with Crippen LogP contribution in [0.2, 0.25) is 0 Å². The molecule has 3 nitrogen and oxygen atoms in total. The number of pyridine rings is 1. The number of nitrogens with zero attached hydrogens (tertiary/aromatic N) is 2. The normalized spacial score (nSPS) is 19.9. The lowest BCUT2D eigenvalue weighted by Gasteiger charge is -2.36. The third kappa shape index (κ3) is 3.29. The molecule has 0 N–H and O–H groups in total. The summed E-state index contributed by atoms with van der Waals surface area (Å²) in [7, 11) is 0. The van der Waals surface area contributed by atoms with E-state index in [1.54, 1.807) is 0 Å². The number of ether oxygens (including phenoxy) is 1. The molecule has 1 aliphatic heterocycles. The Bertz CT molecular complexity index is 371. The molecule has 1 aromatic heterocycles. The molecule has 1 aromatic rings. The van der Waals surface area contributed by atoms with Gasteiger partial charge in [0.15, 0.2) is 0 Å². The van der Waals surface area contributed by atoms with Gasteiger partial charge in [0.2, 0.25) is 5.88 Å². The van der Waals surface area contributed by atoms with Gasteiger partial charge < -0.3 is 9.64 Å². The quantitative estimate of drug-likeness (QED) is 0.765. The summed E-state index contributed by atoms with van der Waals surface area (Å²) < 4.78 is 5.47. The highest BCUT2D eigenvalue weighted by Gasteiger charge is 2.23. The fourth-order valence-corrected chi connectivity index (χ4v) is 2.77. The number of alkyl halides is 1. The number of anilines is 1. The smallest absolute Gasteiger partial charge is 0.215 e. The van der Waals surface area contributed by atoms with E-state index < -0.39 is 0 Å². The Kier molecular flexibility index (Phi) is 5.12. The Balaban J connectivity index is 2.14. The highest BCUT2D eigenvalue weighted by molar-refractivity contribution is 6.17. The second kappa shape index (κ2) is 6.83. The molecule has 2 heterocycles. The third-order valence-electron chi connectivity index (χ3n) is 3.36. The van der Waals surface area contributed by atoms with E-state index in [2.05, 4.69) is 16.0 Å². The van der Waals surface area contributed by atoms with Crippen molar-refractivity contribution in [1.29, 1.82) is 0 Å². The van der Waals surface area contributed by atoms with Crippen molar-refractivity contribution < 1.29 is 4.74 Å². The van der Waals surface area contributed by atoms with Crippen LogP contribution in [0.5, 0.6) is 5.88 Å². The fraction of sp³-hybridized carbons (Fsp3) is 0.643. The van der Waals surface area contributed by atoms with Gasteiger partial charge in [-0.3, -0.25) is 0 Å². The first-order chi connectivity index (χ1) is 8.85. The van der Waals surface area contributed by atoms with E-state index in [9.17, 15) is 0 Å². The monoisotopic (exact) mass is 268 g/mol. The van der Waals surface area contributed by atoms with Crippen molar-refractivity contribution in [3.05, 3.63) is 18.2 Å². The van der Waals surface area contributed by atoms with Gasteiger partial charge in [0.05, 0.1) is 6.61 Å². The fourth-order valence-electron chi connectivity index (χ4n) is 2.52. The second-order valence-electron chi connectivity index (χ2n) is 4.59. The molecule has 1 fully saturated rings. The molecule has 0 aliphatic carbocycles. The van der Waals surface area contributed by atoms with E-state index >= 15 is 0 Å². The van der Waals surface area contributed by atoms with Gasteiger partial charge in [-0.15, -0.1) is 11.6 Å². The second-order valence-corrected chi connectivity index (χ2v) is 4.97. The molecule has 100 valence electrons. The van der Waals surface area contributed by atoms with E-state index in [-0.39, 0.29) is 0 Å². The largest absolute Gasteiger partial charge is 0.478 e. The zero-order valence-corrected chi connectivity index (χ0v) is 11.7. The van der Waals surface area contributed by atoms with Crippen molar-refractivity contribution in [1.82, 2.24) is 4.98 Å². The highest BCUT2D eigenvalue weighted by Crippen LogP contribution is 2.26. The first-order valence-electron chi connectivity index (χ1n) is 6.77. The number of aromatic nitrogens is 1. The van der Waals surface area contributed by atoms with Crippen molar-refractivity contribution in [3.8, 4) is 5.88 Å². The Morgan fingerprint density at radius 2 is 2.33 bits per heavy atom. The number of halogens is 1. The molecule has 1 unspecified atom stereocenters. The molecule has 18 heavy (non-hydrogen) atoms. The molecule has 0 saturated carbocycles. The van der Waals surface area contributed by atoms with E-state index in [0.29, 0.717) is 24.4 Å². The lowest BCUT2D eigenvalue weighted by molar-refractivity contribution is 0.326. The van der Waals surface area contributed by atoms with Gasteiger partial charge in [0.1, 0.15) is 5.82 Å². The summed E-state index contributed by atoms with van der Waals surface area (Å²) in [5.74, 6) is 2.45. The Hall–Kier alpha value is -0.960. The lowest BCUT2D eigenvalue weighted by atomic mass is 10.00. The van der Waals surface area contributed by atoms with Crippen LogP contribution in [0.25, 0.3) is 0 Å².